The molecule has 2 heteroatoms. The van der Waals surface area contributed by atoms with E-state index in [0.29, 0.717) is 0 Å². The van der Waals surface area contributed by atoms with E-state index in [2.05, 4.69) is 90.5 Å². The molecular weight excluding hydrogens is 280 g/mol. The average molecular weight is 298 g/mol. The van der Waals surface area contributed by atoms with Crippen molar-refractivity contribution in [1.29, 1.82) is 0 Å². The van der Waals surface area contributed by atoms with Crippen LogP contribution in [0.4, 0.5) is 17.1 Å². The van der Waals surface area contributed by atoms with Crippen molar-refractivity contribution in [3.05, 3.63) is 77.9 Å². The van der Waals surface area contributed by atoms with Crippen LogP contribution in [-0.2, 0) is 0 Å². The van der Waals surface area contributed by atoms with Crippen LogP contribution >= 0.6 is 0 Å². The van der Waals surface area contributed by atoms with E-state index in [0.717, 1.165) is 0 Å². The van der Waals surface area contributed by atoms with Gasteiger partial charge in [-0.25, -0.2) is 0 Å². The normalized spacial score (nSPS) is 17.4. The van der Waals surface area contributed by atoms with E-state index in [9.17, 15) is 0 Å². The maximum atomic E-state index is 2.49. The first-order valence-corrected chi connectivity index (χ1v) is 8.07. The second-order valence-corrected chi connectivity index (χ2v) is 6.40. The third-order valence-electron chi connectivity index (χ3n) is 5.17. The summed E-state index contributed by atoms with van der Waals surface area (Å²) in [5, 5.41) is 0. The molecule has 2 nitrogen and oxygen atoms in total. The fraction of sp³-hybridized carbons (Fsp3) is 0.143. The van der Waals surface area contributed by atoms with Crippen molar-refractivity contribution >= 4 is 17.1 Å². The lowest BCUT2D eigenvalue weighted by molar-refractivity contribution is 0.708. The Bertz CT molecular complexity index is 929. The highest BCUT2D eigenvalue weighted by molar-refractivity contribution is 5.95. The number of benzene rings is 3. The van der Waals surface area contributed by atoms with Gasteiger partial charge in [0.05, 0.1) is 17.1 Å². The lowest BCUT2D eigenvalue weighted by atomic mass is 9.88. The van der Waals surface area contributed by atoms with Crippen LogP contribution in [0.5, 0.6) is 0 Å². The first kappa shape index (κ1) is 12.8. The van der Waals surface area contributed by atoms with Gasteiger partial charge in [0.2, 0.25) is 0 Å². The van der Waals surface area contributed by atoms with Crippen LogP contribution in [0.3, 0.4) is 0 Å². The third-order valence-corrected chi connectivity index (χ3v) is 5.17. The number of anilines is 3. The minimum absolute atomic E-state index is 0.235. The van der Waals surface area contributed by atoms with Crippen LogP contribution in [0.25, 0.3) is 11.1 Å². The first-order chi connectivity index (χ1) is 11.3. The summed E-state index contributed by atoms with van der Waals surface area (Å²) in [6, 6.07) is 24.1. The summed E-state index contributed by atoms with van der Waals surface area (Å²) >= 11 is 0. The summed E-state index contributed by atoms with van der Waals surface area (Å²) in [6.07, 6.45) is 0.235. The topological polar surface area (TPSA) is 6.48 Å². The molecule has 0 saturated heterocycles. The van der Waals surface area contributed by atoms with E-state index in [4.69, 9.17) is 0 Å². The summed E-state index contributed by atoms with van der Waals surface area (Å²) in [7, 11) is 2.20. The third kappa shape index (κ3) is 1.53. The number of rotatable bonds is 0. The van der Waals surface area contributed by atoms with E-state index in [1.54, 1.807) is 0 Å². The molecule has 0 radical (unpaired) electrons. The number of para-hydroxylation sites is 3. The average Bonchev–Trinajstić information content (AvgIpc) is 2.89. The van der Waals surface area contributed by atoms with Crippen molar-refractivity contribution < 1.29 is 0 Å². The van der Waals surface area contributed by atoms with E-state index in [1.165, 1.54) is 39.3 Å². The minimum atomic E-state index is 0.235. The van der Waals surface area contributed by atoms with E-state index in [-0.39, 0.29) is 6.17 Å². The Labute approximate surface area is 136 Å². The molecule has 1 unspecified atom stereocenters. The van der Waals surface area contributed by atoms with Gasteiger partial charge in [-0.1, -0.05) is 48.5 Å². The molecular formula is C21H18N2. The fourth-order valence-corrected chi connectivity index (χ4v) is 4.16. The largest absolute Gasteiger partial charge is 0.348 e. The molecule has 5 rings (SSSR count). The lowest BCUT2D eigenvalue weighted by Gasteiger charge is -2.39. The predicted octanol–water partition coefficient (Wildman–Crippen LogP) is 5.26. The van der Waals surface area contributed by atoms with Crippen LogP contribution in [-0.4, -0.2) is 7.05 Å². The maximum absolute atomic E-state index is 2.49. The molecule has 0 saturated carbocycles. The molecule has 0 bridgehead atoms. The molecule has 23 heavy (non-hydrogen) atoms. The van der Waals surface area contributed by atoms with Crippen LogP contribution in [0.15, 0.2) is 66.7 Å². The standard InChI is InChI=1S/C21H18N2/c1-14-8-7-10-16-15-9-3-4-11-17(15)23-19-13-6-5-12-18(19)22(2)21(23)20(14)16/h3-13,21H,1-2H3. The van der Waals surface area contributed by atoms with Crippen molar-refractivity contribution in [2.75, 3.05) is 16.8 Å². The molecule has 0 aromatic heterocycles. The molecule has 0 fully saturated rings. The Morgan fingerprint density at radius 3 is 2.17 bits per heavy atom. The van der Waals surface area contributed by atoms with Gasteiger partial charge in [-0.05, 0) is 36.2 Å². The Kier molecular flexibility index (Phi) is 2.44. The van der Waals surface area contributed by atoms with Crippen molar-refractivity contribution in [3.63, 3.8) is 0 Å². The fourth-order valence-electron chi connectivity index (χ4n) is 4.16. The molecule has 2 heterocycles. The zero-order valence-electron chi connectivity index (χ0n) is 13.3. The minimum Gasteiger partial charge on any atom is -0.348 e. The van der Waals surface area contributed by atoms with Crippen LogP contribution in [0.2, 0.25) is 0 Å². The molecule has 0 aliphatic carbocycles. The SMILES string of the molecule is Cc1cccc2c1C1N(C)c3ccccc3N1c1ccccc1-2. The lowest BCUT2D eigenvalue weighted by Crippen LogP contribution is -2.33. The van der Waals surface area contributed by atoms with Crippen molar-refractivity contribution in [3.8, 4) is 11.1 Å². The predicted molar refractivity (Wildman–Crippen MR) is 96.3 cm³/mol. The zero-order chi connectivity index (χ0) is 15.6. The van der Waals surface area contributed by atoms with E-state index < -0.39 is 0 Å². The van der Waals surface area contributed by atoms with Gasteiger partial charge in [-0.15, -0.1) is 0 Å². The molecule has 112 valence electrons. The maximum Gasteiger partial charge on any atom is 0.133 e. The Morgan fingerprint density at radius 2 is 1.35 bits per heavy atom. The van der Waals surface area contributed by atoms with Gasteiger partial charge in [0, 0.05) is 18.2 Å². The number of hydrogen-bond donors (Lipinski definition) is 0. The van der Waals surface area contributed by atoms with Crippen molar-refractivity contribution in [1.82, 2.24) is 0 Å². The number of hydrogen-bond acceptors (Lipinski definition) is 2. The van der Waals surface area contributed by atoms with Crippen molar-refractivity contribution in [2.45, 2.75) is 13.1 Å². The van der Waals surface area contributed by atoms with Gasteiger partial charge in [0.1, 0.15) is 6.17 Å². The number of nitrogens with zero attached hydrogens (tertiary/aromatic N) is 2. The van der Waals surface area contributed by atoms with E-state index >= 15 is 0 Å². The second-order valence-electron chi connectivity index (χ2n) is 6.40. The van der Waals surface area contributed by atoms with Gasteiger partial charge < -0.3 is 9.80 Å². The van der Waals surface area contributed by atoms with Crippen molar-refractivity contribution in [2.24, 2.45) is 0 Å². The zero-order valence-corrected chi connectivity index (χ0v) is 13.3. The molecule has 2 aliphatic rings. The smallest absolute Gasteiger partial charge is 0.133 e. The Balaban J connectivity index is 1.90. The Hall–Kier alpha value is -2.74. The van der Waals surface area contributed by atoms with Gasteiger partial charge in [-0.3, -0.25) is 0 Å². The summed E-state index contributed by atoms with van der Waals surface area (Å²) in [5.74, 6) is 0. The van der Waals surface area contributed by atoms with Gasteiger partial charge >= 0.3 is 0 Å². The summed E-state index contributed by atoms with van der Waals surface area (Å²) in [6.45, 7) is 2.22. The molecule has 3 aromatic carbocycles. The summed E-state index contributed by atoms with van der Waals surface area (Å²) in [5.41, 5.74) is 9.35. The second kappa shape index (κ2) is 4.39. The molecule has 0 amide bonds. The molecule has 1 atom stereocenters. The first-order valence-electron chi connectivity index (χ1n) is 8.07. The molecule has 0 N–H and O–H groups in total. The highest BCUT2D eigenvalue weighted by Gasteiger charge is 2.41. The van der Waals surface area contributed by atoms with Gasteiger partial charge in [0.25, 0.3) is 0 Å². The molecule has 2 aliphatic heterocycles. The summed E-state index contributed by atoms with van der Waals surface area (Å²) < 4.78 is 0. The molecule has 0 spiro atoms. The summed E-state index contributed by atoms with van der Waals surface area (Å²) in [4.78, 5) is 4.89. The number of aryl methyl sites for hydroxylation is 1. The molecule has 3 aromatic rings. The highest BCUT2D eigenvalue weighted by Crippen LogP contribution is 2.56. The van der Waals surface area contributed by atoms with Gasteiger partial charge in [0.15, 0.2) is 0 Å². The highest BCUT2D eigenvalue weighted by atomic mass is 15.4. The number of fused-ring (bicyclic) bond motifs is 8. The van der Waals surface area contributed by atoms with Crippen LogP contribution in [0.1, 0.15) is 17.3 Å². The van der Waals surface area contributed by atoms with Crippen LogP contribution < -0.4 is 9.80 Å². The van der Waals surface area contributed by atoms with Gasteiger partial charge in [-0.2, -0.15) is 0 Å². The van der Waals surface area contributed by atoms with Crippen LogP contribution in [0, 0.1) is 6.92 Å². The Morgan fingerprint density at radius 1 is 0.696 bits per heavy atom. The quantitative estimate of drug-likeness (QED) is 0.558. The monoisotopic (exact) mass is 298 g/mol. The van der Waals surface area contributed by atoms with E-state index in [1.807, 2.05) is 0 Å².